The second-order valence-electron chi connectivity index (χ2n) is 5.75. The van der Waals surface area contributed by atoms with Crippen LogP contribution in [0.4, 0.5) is 10.6 Å². The molecule has 23 heavy (non-hydrogen) atoms. The van der Waals surface area contributed by atoms with Gasteiger partial charge >= 0.3 is 6.03 Å². The smallest absolute Gasteiger partial charge is 0.323 e. The number of anilines is 1. The highest BCUT2D eigenvalue weighted by Crippen LogP contribution is 2.20. The molecular weight excluding hydrogens is 310 g/mol. The highest BCUT2D eigenvalue weighted by Gasteiger charge is 2.13. The SMILES string of the molecule is CC(C)c1nc(CN(C)C(=O)Nc2cc3cc[nH]c3cn2)cs1. The molecule has 3 aromatic heterocycles. The maximum Gasteiger partial charge on any atom is 0.323 e. The van der Waals surface area contributed by atoms with Gasteiger partial charge in [-0.15, -0.1) is 11.3 Å². The Morgan fingerprint density at radius 2 is 2.30 bits per heavy atom. The Kier molecular flexibility index (Phi) is 4.29. The van der Waals surface area contributed by atoms with Crippen molar-refractivity contribution in [1.82, 2.24) is 19.9 Å². The van der Waals surface area contributed by atoms with Gasteiger partial charge in [-0.3, -0.25) is 5.32 Å². The zero-order chi connectivity index (χ0) is 16.4. The van der Waals surface area contributed by atoms with Crippen LogP contribution in [0, 0.1) is 0 Å². The Hall–Kier alpha value is -2.41. The van der Waals surface area contributed by atoms with E-state index in [1.807, 2.05) is 23.7 Å². The minimum atomic E-state index is -0.202. The van der Waals surface area contributed by atoms with E-state index in [1.165, 1.54) is 0 Å². The molecule has 0 bridgehead atoms. The van der Waals surface area contributed by atoms with Crippen molar-refractivity contribution < 1.29 is 4.79 Å². The van der Waals surface area contributed by atoms with E-state index in [-0.39, 0.29) is 6.03 Å². The first kappa shape index (κ1) is 15.5. The molecule has 3 aromatic rings. The molecule has 0 aliphatic rings. The average Bonchev–Trinajstić information content (AvgIpc) is 3.15. The number of H-pyrrole nitrogens is 1. The summed E-state index contributed by atoms with van der Waals surface area (Å²) in [6.07, 6.45) is 3.55. The van der Waals surface area contributed by atoms with Crippen LogP contribution in [0.3, 0.4) is 0 Å². The molecule has 0 aromatic carbocycles. The van der Waals surface area contributed by atoms with Gasteiger partial charge in [0.05, 0.1) is 29.0 Å². The highest BCUT2D eigenvalue weighted by atomic mass is 32.1. The minimum absolute atomic E-state index is 0.202. The molecule has 0 saturated carbocycles. The van der Waals surface area contributed by atoms with Crippen molar-refractivity contribution in [2.24, 2.45) is 0 Å². The number of thiazole rings is 1. The number of carbonyl (C=O) groups is 1. The molecule has 120 valence electrons. The van der Waals surface area contributed by atoms with Crippen molar-refractivity contribution in [3.8, 4) is 0 Å². The van der Waals surface area contributed by atoms with E-state index in [0.29, 0.717) is 18.3 Å². The van der Waals surface area contributed by atoms with Gasteiger partial charge in [-0.05, 0) is 12.1 Å². The molecule has 2 N–H and O–H groups in total. The van der Waals surface area contributed by atoms with Crippen LogP contribution >= 0.6 is 11.3 Å². The molecule has 0 unspecified atom stereocenters. The number of rotatable bonds is 4. The molecule has 0 fully saturated rings. The number of nitrogens with one attached hydrogen (secondary N) is 2. The van der Waals surface area contributed by atoms with E-state index in [2.05, 4.69) is 34.1 Å². The predicted octanol–water partition coefficient (Wildman–Crippen LogP) is 3.81. The molecule has 3 rings (SSSR count). The van der Waals surface area contributed by atoms with Crippen LogP contribution in [0.5, 0.6) is 0 Å². The number of urea groups is 1. The average molecular weight is 329 g/mol. The summed E-state index contributed by atoms with van der Waals surface area (Å²) in [5, 5.41) is 6.92. The largest absolute Gasteiger partial charge is 0.360 e. The van der Waals surface area contributed by atoms with E-state index in [9.17, 15) is 4.79 Å². The first-order valence-corrected chi connectivity index (χ1v) is 8.30. The highest BCUT2D eigenvalue weighted by molar-refractivity contribution is 7.09. The number of carbonyl (C=O) groups excluding carboxylic acids is 1. The summed E-state index contributed by atoms with van der Waals surface area (Å²) in [7, 11) is 1.75. The third kappa shape index (κ3) is 3.50. The summed E-state index contributed by atoms with van der Waals surface area (Å²) in [6, 6.07) is 3.59. The molecule has 0 aliphatic heterocycles. The number of amides is 2. The van der Waals surface area contributed by atoms with Gasteiger partial charge in [-0.2, -0.15) is 0 Å². The maximum absolute atomic E-state index is 12.3. The summed E-state index contributed by atoms with van der Waals surface area (Å²) in [5.41, 5.74) is 1.85. The summed E-state index contributed by atoms with van der Waals surface area (Å²) in [6.45, 7) is 4.70. The van der Waals surface area contributed by atoms with E-state index < -0.39 is 0 Å². The Labute approximate surface area is 138 Å². The van der Waals surface area contributed by atoms with Gasteiger partial charge < -0.3 is 9.88 Å². The van der Waals surface area contributed by atoms with Crippen molar-refractivity contribution >= 4 is 34.1 Å². The monoisotopic (exact) mass is 329 g/mol. The fourth-order valence-corrected chi connectivity index (χ4v) is 3.03. The van der Waals surface area contributed by atoms with Crippen LogP contribution in [0.25, 0.3) is 10.9 Å². The number of pyridine rings is 1. The predicted molar refractivity (Wildman–Crippen MR) is 92.8 cm³/mol. The zero-order valence-corrected chi connectivity index (χ0v) is 14.1. The van der Waals surface area contributed by atoms with Crippen molar-refractivity contribution in [2.45, 2.75) is 26.3 Å². The number of aromatic nitrogens is 3. The molecule has 6 nitrogen and oxygen atoms in total. The zero-order valence-electron chi connectivity index (χ0n) is 13.3. The molecule has 7 heteroatoms. The Morgan fingerprint density at radius 1 is 1.48 bits per heavy atom. The summed E-state index contributed by atoms with van der Waals surface area (Å²) >= 11 is 1.63. The quantitative estimate of drug-likeness (QED) is 0.764. The van der Waals surface area contributed by atoms with E-state index in [1.54, 1.807) is 29.5 Å². The lowest BCUT2D eigenvalue weighted by Crippen LogP contribution is -2.31. The normalized spacial score (nSPS) is 11.1. The summed E-state index contributed by atoms with van der Waals surface area (Å²) < 4.78 is 0. The Balaban J connectivity index is 1.64. The van der Waals surface area contributed by atoms with Crippen LogP contribution in [-0.4, -0.2) is 32.9 Å². The molecule has 0 aliphatic carbocycles. The van der Waals surface area contributed by atoms with Crippen molar-refractivity contribution in [3.05, 3.63) is 40.6 Å². The maximum atomic E-state index is 12.3. The number of hydrogen-bond donors (Lipinski definition) is 2. The molecular formula is C16H19N5OS. The second-order valence-corrected chi connectivity index (χ2v) is 6.64. The third-order valence-corrected chi connectivity index (χ3v) is 4.68. The van der Waals surface area contributed by atoms with E-state index >= 15 is 0 Å². The molecule has 2 amide bonds. The third-order valence-electron chi connectivity index (χ3n) is 3.48. The minimum Gasteiger partial charge on any atom is -0.360 e. The molecule has 0 radical (unpaired) electrons. The topological polar surface area (TPSA) is 73.9 Å². The lowest BCUT2D eigenvalue weighted by atomic mass is 10.2. The fourth-order valence-electron chi connectivity index (χ4n) is 2.20. The standard InChI is InChI=1S/C16H19N5OS/c1-10(2)15-19-12(9-23-15)8-21(3)16(22)20-14-6-11-4-5-17-13(11)7-18-14/h4-7,9-10,17H,8H2,1-3H3,(H,18,20,22). The first-order chi connectivity index (χ1) is 11.0. The molecule has 0 saturated heterocycles. The Bertz CT molecular complexity index is 823. The summed E-state index contributed by atoms with van der Waals surface area (Å²) in [4.78, 5) is 25.7. The summed E-state index contributed by atoms with van der Waals surface area (Å²) in [5.74, 6) is 0.945. The van der Waals surface area contributed by atoms with Gasteiger partial charge in [0.15, 0.2) is 0 Å². The number of fused-ring (bicyclic) bond motifs is 1. The molecule has 0 spiro atoms. The number of nitrogens with zero attached hydrogens (tertiary/aromatic N) is 3. The van der Waals surface area contributed by atoms with Crippen LogP contribution < -0.4 is 5.32 Å². The van der Waals surface area contributed by atoms with Gasteiger partial charge in [0, 0.05) is 29.9 Å². The number of aromatic amines is 1. The van der Waals surface area contributed by atoms with Crippen molar-refractivity contribution in [1.29, 1.82) is 0 Å². The van der Waals surface area contributed by atoms with E-state index in [4.69, 9.17) is 0 Å². The number of hydrogen-bond acceptors (Lipinski definition) is 4. The fraction of sp³-hybridized carbons (Fsp3) is 0.312. The van der Waals surface area contributed by atoms with Gasteiger partial charge in [-0.1, -0.05) is 13.8 Å². The van der Waals surface area contributed by atoms with Crippen molar-refractivity contribution in [3.63, 3.8) is 0 Å². The van der Waals surface area contributed by atoms with Crippen LogP contribution in [0.2, 0.25) is 0 Å². The lowest BCUT2D eigenvalue weighted by Gasteiger charge is -2.16. The lowest BCUT2D eigenvalue weighted by molar-refractivity contribution is 0.220. The van der Waals surface area contributed by atoms with Gasteiger partial charge in [0.25, 0.3) is 0 Å². The van der Waals surface area contributed by atoms with Crippen LogP contribution in [0.1, 0.15) is 30.5 Å². The van der Waals surface area contributed by atoms with E-state index in [0.717, 1.165) is 21.6 Å². The molecule has 3 heterocycles. The van der Waals surface area contributed by atoms with Crippen molar-refractivity contribution in [2.75, 3.05) is 12.4 Å². The first-order valence-electron chi connectivity index (χ1n) is 7.42. The molecule has 0 atom stereocenters. The van der Waals surface area contributed by atoms with Crippen LogP contribution in [-0.2, 0) is 6.54 Å². The second kappa shape index (κ2) is 6.37. The van der Waals surface area contributed by atoms with Crippen LogP contribution in [0.15, 0.2) is 29.9 Å². The van der Waals surface area contributed by atoms with Gasteiger partial charge in [-0.25, -0.2) is 14.8 Å². The Morgan fingerprint density at radius 3 is 3.04 bits per heavy atom. The van der Waals surface area contributed by atoms with Gasteiger partial charge in [0.1, 0.15) is 5.82 Å². The van der Waals surface area contributed by atoms with Gasteiger partial charge in [0.2, 0.25) is 0 Å².